The molecule has 0 aromatic rings. The number of hydrogen-bond acceptors (Lipinski definition) is 4. The van der Waals surface area contributed by atoms with E-state index in [0.717, 1.165) is 58.3 Å². The van der Waals surface area contributed by atoms with Gasteiger partial charge >= 0.3 is 5.97 Å². The average molecular weight is 308 g/mol. The van der Waals surface area contributed by atoms with E-state index in [1.165, 1.54) is 12.8 Å². The number of hydrogen-bond donors (Lipinski definition) is 0. The summed E-state index contributed by atoms with van der Waals surface area (Å²) in [6, 6.07) is -0.0794. The lowest BCUT2D eigenvalue weighted by Crippen LogP contribution is -2.47. The molecule has 0 aliphatic carbocycles. The Kier molecular flexibility index (Phi) is 5.01. The number of carbonyl (C=O) groups is 2. The van der Waals surface area contributed by atoms with Crippen LogP contribution in [-0.4, -0.2) is 60.0 Å². The molecule has 0 saturated carbocycles. The van der Waals surface area contributed by atoms with Crippen molar-refractivity contribution < 1.29 is 14.3 Å². The Hall–Kier alpha value is -1.10. The van der Waals surface area contributed by atoms with Crippen molar-refractivity contribution in [2.24, 2.45) is 5.92 Å². The number of amides is 1. The fourth-order valence-electron chi connectivity index (χ4n) is 4.04. The second-order valence-electron chi connectivity index (χ2n) is 7.05. The molecule has 5 nitrogen and oxygen atoms in total. The molecule has 3 saturated heterocycles. The van der Waals surface area contributed by atoms with Gasteiger partial charge in [0.15, 0.2) is 0 Å². The first-order valence-corrected chi connectivity index (χ1v) is 8.88. The second kappa shape index (κ2) is 6.99. The zero-order valence-corrected chi connectivity index (χ0v) is 13.6. The average Bonchev–Trinajstić information content (AvgIpc) is 2.73. The molecule has 1 amide bonds. The summed E-state index contributed by atoms with van der Waals surface area (Å²) < 4.78 is 5.25. The Labute approximate surface area is 133 Å². The number of likely N-dealkylation sites (tertiary alicyclic amines) is 2. The van der Waals surface area contributed by atoms with Crippen molar-refractivity contribution in [3.8, 4) is 0 Å². The van der Waals surface area contributed by atoms with Gasteiger partial charge in [0.25, 0.3) is 0 Å². The largest absolute Gasteiger partial charge is 0.461 e. The lowest BCUT2D eigenvalue weighted by atomic mass is 9.93. The molecule has 3 aliphatic rings. The number of esters is 1. The summed E-state index contributed by atoms with van der Waals surface area (Å²) >= 11 is 0. The Balaban J connectivity index is 1.50. The highest BCUT2D eigenvalue weighted by Gasteiger charge is 2.39. The van der Waals surface area contributed by atoms with E-state index in [4.69, 9.17) is 4.74 Å². The van der Waals surface area contributed by atoms with Gasteiger partial charge in [0.05, 0.1) is 0 Å². The molecule has 0 aromatic heterocycles. The molecule has 0 aromatic carbocycles. The summed E-state index contributed by atoms with van der Waals surface area (Å²) in [5.74, 6) is 0.429. The van der Waals surface area contributed by atoms with Crippen LogP contribution in [0.25, 0.3) is 0 Å². The van der Waals surface area contributed by atoms with Gasteiger partial charge in [-0.3, -0.25) is 14.5 Å². The SMILES string of the molecule is CC1CC(N2CCC(C(=O)N3CCCCCC3)CC2)C(=O)O1. The van der Waals surface area contributed by atoms with Gasteiger partial charge in [-0.25, -0.2) is 0 Å². The molecule has 3 rings (SSSR count). The van der Waals surface area contributed by atoms with Crippen LogP contribution in [0.3, 0.4) is 0 Å². The molecule has 2 atom stereocenters. The van der Waals surface area contributed by atoms with Crippen LogP contribution in [0.15, 0.2) is 0 Å². The van der Waals surface area contributed by atoms with Crippen molar-refractivity contribution in [3.63, 3.8) is 0 Å². The van der Waals surface area contributed by atoms with Crippen LogP contribution in [0.1, 0.15) is 51.9 Å². The van der Waals surface area contributed by atoms with E-state index in [2.05, 4.69) is 9.80 Å². The summed E-state index contributed by atoms with van der Waals surface area (Å²) in [7, 11) is 0. The minimum absolute atomic E-state index is 0.0361. The standard InChI is InChI=1S/C17H28N2O3/c1-13-12-15(17(21)22-13)18-10-6-14(7-11-18)16(20)19-8-4-2-3-5-9-19/h13-15H,2-12H2,1H3. The van der Waals surface area contributed by atoms with Crippen molar-refractivity contribution in [2.75, 3.05) is 26.2 Å². The van der Waals surface area contributed by atoms with E-state index in [-0.39, 0.29) is 24.0 Å². The van der Waals surface area contributed by atoms with E-state index in [9.17, 15) is 9.59 Å². The Bertz CT molecular complexity index is 410. The highest BCUT2D eigenvalue weighted by atomic mass is 16.6. The second-order valence-corrected chi connectivity index (χ2v) is 7.05. The van der Waals surface area contributed by atoms with Crippen LogP contribution in [-0.2, 0) is 14.3 Å². The first-order chi connectivity index (χ1) is 10.6. The van der Waals surface area contributed by atoms with E-state index in [1.54, 1.807) is 0 Å². The van der Waals surface area contributed by atoms with Crippen molar-refractivity contribution in [2.45, 2.75) is 64.0 Å². The molecule has 0 spiro atoms. The molecule has 0 radical (unpaired) electrons. The number of nitrogens with zero attached hydrogens (tertiary/aromatic N) is 2. The van der Waals surface area contributed by atoms with Crippen LogP contribution in [0.4, 0.5) is 0 Å². The van der Waals surface area contributed by atoms with Crippen LogP contribution in [0.5, 0.6) is 0 Å². The summed E-state index contributed by atoms with van der Waals surface area (Å²) in [6.07, 6.45) is 7.40. The molecule has 0 N–H and O–H groups in total. The predicted molar refractivity (Wildman–Crippen MR) is 83.3 cm³/mol. The Morgan fingerprint density at radius 1 is 1.05 bits per heavy atom. The third-order valence-electron chi connectivity index (χ3n) is 5.38. The molecule has 3 heterocycles. The van der Waals surface area contributed by atoms with E-state index >= 15 is 0 Å². The molecule has 2 unspecified atom stereocenters. The normalized spacial score (nSPS) is 31.9. The van der Waals surface area contributed by atoms with Crippen LogP contribution >= 0.6 is 0 Å². The maximum atomic E-state index is 12.7. The molecule has 0 bridgehead atoms. The summed E-state index contributed by atoms with van der Waals surface area (Å²) in [6.45, 7) is 5.51. The van der Waals surface area contributed by atoms with Crippen molar-refractivity contribution in [3.05, 3.63) is 0 Å². The smallest absolute Gasteiger partial charge is 0.323 e. The maximum absolute atomic E-state index is 12.7. The molecule has 22 heavy (non-hydrogen) atoms. The van der Waals surface area contributed by atoms with E-state index in [0.29, 0.717) is 5.91 Å². The zero-order valence-electron chi connectivity index (χ0n) is 13.6. The quantitative estimate of drug-likeness (QED) is 0.730. The predicted octanol–water partition coefficient (Wildman–Crippen LogP) is 1.80. The van der Waals surface area contributed by atoms with Crippen molar-refractivity contribution in [1.29, 1.82) is 0 Å². The minimum Gasteiger partial charge on any atom is -0.461 e. The lowest BCUT2D eigenvalue weighted by molar-refractivity contribution is -0.145. The van der Waals surface area contributed by atoms with Crippen LogP contribution < -0.4 is 0 Å². The lowest BCUT2D eigenvalue weighted by Gasteiger charge is -2.35. The number of ether oxygens (including phenoxy) is 1. The Morgan fingerprint density at radius 2 is 1.68 bits per heavy atom. The molecule has 3 aliphatic heterocycles. The summed E-state index contributed by atoms with van der Waals surface area (Å²) in [5.41, 5.74) is 0. The van der Waals surface area contributed by atoms with Gasteiger partial charge in [0.2, 0.25) is 5.91 Å². The minimum atomic E-state index is -0.0794. The molecular formula is C17H28N2O3. The number of rotatable bonds is 2. The highest BCUT2D eigenvalue weighted by Crippen LogP contribution is 2.27. The van der Waals surface area contributed by atoms with Gasteiger partial charge in [-0.1, -0.05) is 12.8 Å². The van der Waals surface area contributed by atoms with Crippen LogP contribution in [0.2, 0.25) is 0 Å². The van der Waals surface area contributed by atoms with E-state index < -0.39 is 0 Å². The summed E-state index contributed by atoms with van der Waals surface area (Å²) in [5, 5.41) is 0. The van der Waals surface area contributed by atoms with Gasteiger partial charge in [-0.2, -0.15) is 0 Å². The Morgan fingerprint density at radius 3 is 2.23 bits per heavy atom. The van der Waals surface area contributed by atoms with E-state index in [1.807, 2.05) is 6.92 Å². The monoisotopic (exact) mass is 308 g/mol. The highest BCUT2D eigenvalue weighted by molar-refractivity contribution is 5.79. The fraction of sp³-hybridized carbons (Fsp3) is 0.882. The number of carbonyl (C=O) groups excluding carboxylic acids is 2. The molecular weight excluding hydrogens is 280 g/mol. The van der Waals surface area contributed by atoms with Gasteiger partial charge in [0.1, 0.15) is 12.1 Å². The van der Waals surface area contributed by atoms with Crippen molar-refractivity contribution in [1.82, 2.24) is 9.80 Å². The maximum Gasteiger partial charge on any atom is 0.323 e. The number of piperidine rings is 1. The molecule has 124 valence electrons. The third-order valence-corrected chi connectivity index (χ3v) is 5.38. The zero-order chi connectivity index (χ0) is 15.5. The van der Waals surface area contributed by atoms with Gasteiger partial charge in [0, 0.05) is 25.4 Å². The van der Waals surface area contributed by atoms with Gasteiger partial charge in [-0.15, -0.1) is 0 Å². The fourth-order valence-corrected chi connectivity index (χ4v) is 4.04. The van der Waals surface area contributed by atoms with Crippen LogP contribution in [0, 0.1) is 5.92 Å². The first-order valence-electron chi connectivity index (χ1n) is 8.88. The third kappa shape index (κ3) is 3.45. The van der Waals surface area contributed by atoms with Crippen molar-refractivity contribution >= 4 is 11.9 Å². The number of cyclic esters (lactones) is 1. The van der Waals surface area contributed by atoms with Gasteiger partial charge < -0.3 is 9.64 Å². The topological polar surface area (TPSA) is 49.9 Å². The first kappa shape index (κ1) is 15.8. The summed E-state index contributed by atoms with van der Waals surface area (Å²) in [4.78, 5) is 28.8. The molecule has 5 heteroatoms. The van der Waals surface area contributed by atoms with Gasteiger partial charge in [-0.05, 0) is 45.7 Å². The molecule has 3 fully saturated rings.